The molecule has 2 aliphatic heterocycles. The molecule has 32 heavy (non-hydrogen) atoms. The van der Waals surface area contributed by atoms with Gasteiger partial charge in [0.15, 0.2) is 9.84 Å². The first-order valence-electron chi connectivity index (χ1n) is 10.8. The number of nitrogens with two attached hydrogens (primary N) is 1. The predicted molar refractivity (Wildman–Crippen MR) is 127 cm³/mol. The van der Waals surface area contributed by atoms with E-state index in [0.717, 1.165) is 40.9 Å². The van der Waals surface area contributed by atoms with E-state index < -0.39 is 9.84 Å². The number of benzene rings is 2. The molecule has 3 N–H and O–H groups in total. The highest BCUT2D eigenvalue weighted by Crippen LogP contribution is 2.29. The number of nitrogens with one attached hydrogen (secondary N) is 1. The summed E-state index contributed by atoms with van der Waals surface area (Å²) < 4.78 is 25.5. The summed E-state index contributed by atoms with van der Waals surface area (Å²) in [5.74, 6) is 1.28. The minimum atomic E-state index is -3.34. The van der Waals surface area contributed by atoms with Crippen LogP contribution in [0.25, 0.3) is 10.9 Å². The van der Waals surface area contributed by atoms with Crippen molar-refractivity contribution in [1.82, 2.24) is 14.9 Å². The maximum absolute atomic E-state index is 12.8. The first kappa shape index (κ1) is 21.1. The molecule has 0 unspecified atom stereocenters. The number of anilines is 2. The van der Waals surface area contributed by atoms with Gasteiger partial charge in [-0.1, -0.05) is 29.8 Å². The summed E-state index contributed by atoms with van der Waals surface area (Å²) >= 11 is 0. The minimum absolute atomic E-state index is 0.0281. The van der Waals surface area contributed by atoms with Crippen LogP contribution in [-0.2, 0) is 16.4 Å². The molecule has 0 amide bonds. The minimum Gasteiger partial charge on any atom is -0.367 e. The fraction of sp³-hybridized carbons (Fsp3) is 0.391. The van der Waals surface area contributed by atoms with Gasteiger partial charge < -0.3 is 20.9 Å². The fourth-order valence-electron chi connectivity index (χ4n) is 4.64. The monoisotopic (exact) mass is 452 g/mol. The maximum atomic E-state index is 12.8. The molecule has 0 radical (unpaired) electrons. The lowest BCUT2D eigenvalue weighted by molar-refractivity contribution is 0.110. The second-order valence-electron chi connectivity index (χ2n) is 9.13. The molecule has 0 saturated carbocycles. The van der Waals surface area contributed by atoms with Crippen molar-refractivity contribution in [3.8, 4) is 0 Å². The highest BCUT2D eigenvalue weighted by molar-refractivity contribution is 7.91. The number of aromatic nitrogens is 2. The molecule has 2 aromatic carbocycles. The predicted octanol–water partition coefficient (Wildman–Crippen LogP) is 1.79. The molecule has 0 bridgehead atoms. The molecular formula is C23H28N6O2S. The molecule has 1 saturated heterocycles. The normalized spacial score (nSPS) is 19.8. The first-order chi connectivity index (χ1) is 15.2. The SMILES string of the molecule is Cc1ccc2nc(N3CCS(=O)(=O)c4ccccc4C3)nc(NCC3(N)CN(C)C3)c2c1. The molecule has 5 rings (SSSR count). The Bertz CT molecular complexity index is 1290. The number of rotatable bonds is 4. The maximum Gasteiger partial charge on any atom is 0.228 e. The van der Waals surface area contributed by atoms with Gasteiger partial charge in [0.25, 0.3) is 0 Å². The Morgan fingerprint density at radius 2 is 1.94 bits per heavy atom. The smallest absolute Gasteiger partial charge is 0.228 e. The molecule has 1 aromatic heterocycles. The third kappa shape index (κ3) is 3.92. The lowest BCUT2D eigenvalue weighted by Crippen LogP contribution is -2.69. The lowest BCUT2D eigenvalue weighted by atomic mass is 9.92. The molecule has 3 aromatic rings. The van der Waals surface area contributed by atoms with Crippen molar-refractivity contribution in [2.45, 2.75) is 23.9 Å². The Labute approximate surface area is 188 Å². The highest BCUT2D eigenvalue weighted by atomic mass is 32.2. The van der Waals surface area contributed by atoms with Crippen molar-refractivity contribution < 1.29 is 8.42 Å². The Morgan fingerprint density at radius 3 is 2.72 bits per heavy atom. The Balaban J connectivity index is 1.52. The molecule has 0 aliphatic carbocycles. The van der Waals surface area contributed by atoms with Crippen LogP contribution in [0.4, 0.5) is 11.8 Å². The fourth-order valence-corrected chi connectivity index (χ4v) is 6.14. The van der Waals surface area contributed by atoms with E-state index in [-0.39, 0.29) is 11.3 Å². The van der Waals surface area contributed by atoms with Crippen molar-refractivity contribution in [2.24, 2.45) is 5.73 Å². The van der Waals surface area contributed by atoms with Crippen LogP contribution in [0.2, 0.25) is 0 Å². The number of nitrogens with zero attached hydrogens (tertiary/aromatic N) is 4. The van der Waals surface area contributed by atoms with Crippen molar-refractivity contribution in [1.29, 1.82) is 0 Å². The molecule has 1 fully saturated rings. The summed E-state index contributed by atoms with van der Waals surface area (Å²) in [4.78, 5) is 14.2. The average molecular weight is 453 g/mol. The van der Waals surface area contributed by atoms with Crippen LogP contribution < -0.4 is 16.0 Å². The van der Waals surface area contributed by atoms with E-state index in [1.165, 1.54) is 0 Å². The van der Waals surface area contributed by atoms with Crippen LogP contribution in [0.5, 0.6) is 0 Å². The van der Waals surface area contributed by atoms with Gasteiger partial charge in [-0.15, -0.1) is 0 Å². The van der Waals surface area contributed by atoms with Gasteiger partial charge in [0.05, 0.1) is 21.7 Å². The van der Waals surface area contributed by atoms with Crippen LogP contribution in [0.15, 0.2) is 47.4 Å². The number of likely N-dealkylation sites (N-methyl/N-ethyl adjacent to an activating group) is 1. The van der Waals surface area contributed by atoms with E-state index in [9.17, 15) is 8.42 Å². The van der Waals surface area contributed by atoms with E-state index in [1.54, 1.807) is 12.1 Å². The lowest BCUT2D eigenvalue weighted by Gasteiger charge is -2.45. The highest BCUT2D eigenvalue weighted by Gasteiger charge is 2.37. The quantitative estimate of drug-likeness (QED) is 0.617. The van der Waals surface area contributed by atoms with Gasteiger partial charge in [0, 0.05) is 38.1 Å². The number of fused-ring (bicyclic) bond motifs is 2. The van der Waals surface area contributed by atoms with Gasteiger partial charge in [0.1, 0.15) is 5.82 Å². The summed E-state index contributed by atoms with van der Waals surface area (Å²) in [6, 6.07) is 13.3. The van der Waals surface area contributed by atoms with Crippen molar-refractivity contribution in [3.63, 3.8) is 0 Å². The molecule has 0 spiro atoms. The van der Waals surface area contributed by atoms with Gasteiger partial charge >= 0.3 is 0 Å². The Kier molecular flexibility index (Phi) is 5.07. The van der Waals surface area contributed by atoms with Gasteiger partial charge in [-0.05, 0) is 37.7 Å². The second-order valence-corrected chi connectivity index (χ2v) is 11.2. The van der Waals surface area contributed by atoms with Gasteiger partial charge in [-0.2, -0.15) is 4.98 Å². The van der Waals surface area contributed by atoms with E-state index in [0.29, 0.717) is 30.5 Å². The Hall–Kier alpha value is -2.75. The zero-order valence-electron chi connectivity index (χ0n) is 18.4. The van der Waals surface area contributed by atoms with E-state index in [1.807, 2.05) is 36.1 Å². The van der Waals surface area contributed by atoms with Gasteiger partial charge in [0.2, 0.25) is 5.95 Å². The first-order valence-corrected chi connectivity index (χ1v) is 12.4. The van der Waals surface area contributed by atoms with E-state index in [4.69, 9.17) is 15.7 Å². The summed E-state index contributed by atoms with van der Waals surface area (Å²) in [5, 5.41) is 4.40. The largest absolute Gasteiger partial charge is 0.367 e. The van der Waals surface area contributed by atoms with Crippen molar-refractivity contribution >= 4 is 32.5 Å². The summed E-state index contributed by atoms with van der Waals surface area (Å²) in [5.41, 5.74) is 8.90. The molecule has 9 heteroatoms. The van der Waals surface area contributed by atoms with Gasteiger partial charge in [-0.3, -0.25) is 0 Å². The number of likely N-dealkylation sites (tertiary alicyclic amines) is 1. The molecular weight excluding hydrogens is 424 g/mol. The van der Waals surface area contributed by atoms with E-state index >= 15 is 0 Å². The number of hydrogen-bond donors (Lipinski definition) is 2. The third-order valence-electron chi connectivity index (χ3n) is 6.20. The van der Waals surface area contributed by atoms with Gasteiger partial charge in [-0.25, -0.2) is 13.4 Å². The zero-order chi connectivity index (χ0) is 22.5. The average Bonchev–Trinajstić information content (AvgIpc) is 2.87. The standard InChI is InChI=1S/C23H28N6O2S/c1-16-7-8-19-18(11-16)21(25-13-23(24)14-28(2)15-23)27-22(26-19)29-9-10-32(30,31)20-6-4-3-5-17(20)12-29/h3-8,11H,9-10,12-15,24H2,1-2H3,(H,25,26,27). The van der Waals surface area contributed by atoms with Crippen LogP contribution >= 0.6 is 0 Å². The molecule has 8 nitrogen and oxygen atoms in total. The summed E-state index contributed by atoms with van der Waals surface area (Å²) in [6.07, 6.45) is 0. The molecule has 168 valence electrons. The number of hydrogen-bond acceptors (Lipinski definition) is 8. The molecule has 0 atom stereocenters. The van der Waals surface area contributed by atoms with Crippen LogP contribution in [0.1, 0.15) is 11.1 Å². The number of sulfone groups is 1. The van der Waals surface area contributed by atoms with Crippen molar-refractivity contribution in [2.75, 3.05) is 49.2 Å². The van der Waals surface area contributed by atoms with Crippen molar-refractivity contribution in [3.05, 3.63) is 53.6 Å². The summed E-state index contributed by atoms with van der Waals surface area (Å²) in [6.45, 7) is 5.08. The third-order valence-corrected chi connectivity index (χ3v) is 7.99. The van der Waals surface area contributed by atoms with Crippen LogP contribution in [-0.4, -0.2) is 67.8 Å². The second kappa shape index (κ2) is 7.68. The molecule has 3 heterocycles. The zero-order valence-corrected chi connectivity index (χ0v) is 19.2. The Morgan fingerprint density at radius 1 is 1.16 bits per heavy atom. The van der Waals surface area contributed by atoms with E-state index in [2.05, 4.69) is 23.3 Å². The molecule has 2 aliphatic rings. The van der Waals surface area contributed by atoms with Crippen LogP contribution in [0.3, 0.4) is 0 Å². The topological polar surface area (TPSA) is 104 Å². The van der Waals surface area contributed by atoms with Crippen LogP contribution in [0, 0.1) is 6.92 Å². The number of aryl methyl sites for hydroxylation is 1. The summed E-state index contributed by atoms with van der Waals surface area (Å²) in [7, 11) is -1.29.